The number of aliphatic hydroxyl groups is 1. The Bertz CT molecular complexity index is 548. The lowest BCUT2D eigenvalue weighted by Gasteiger charge is -2.35. The lowest BCUT2D eigenvalue weighted by molar-refractivity contribution is 0.137. The van der Waals surface area contributed by atoms with E-state index in [-0.39, 0.29) is 36.0 Å². The van der Waals surface area contributed by atoms with Gasteiger partial charge >= 0.3 is 0 Å². The predicted octanol–water partition coefficient (Wildman–Crippen LogP) is 3.34. The molecule has 1 aliphatic carbocycles. The number of aliphatic imine (C=N–C) groups is 1. The molecule has 0 amide bonds. The molecule has 2 heterocycles. The van der Waals surface area contributed by atoms with Crippen molar-refractivity contribution in [2.24, 2.45) is 16.3 Å². The smallest absolute Gasteiger partial charge is 0.191 e. The van der Waals surface area contributed by atoms with Gasteiger partial charge in [0.15, 0.2) is 5.96 Å². The highest BCUT2D eigenvalue weighted by Gasteiger charge is 2.31. The van der Waals surface area contributed by atoms with Gasteiger partial charge in [0, 0.05) is 45.2 Å². The molecule has 1 saturated heterocycles. The van der Waals surface area contributed by atoms with Crippen LogP contribution in [0.3, 0.4) is 0 Å². The average Bonchev–Trinajstić information content (AvgIpc) is 3.38. The molecule has 1 aromatic heterocycles. The van der Waals surface area contributed by atoms with Crippen molar-refractivity contribution < 1.29 is 14.3 Å². The second-order valence-electron chi connectivity index (χ2n) is 8.07. The Labute approximate surface area is 185 Å². The number of ether oxygens (including phenoxy) is 1. The van der Waals surface area contributed by atoms with Gasteiger partial charge in [-0.25, -0.2) is 0 Å². The van der Waals surface area contributed by atoms with Gasteiger partial charge in [-0.05, 0) is 43.2 Å². The summed E-state index contributed by atoms with van der Waals surface area (Å²) in [5, 5.41) is 16.5. The molecule has 28 heavy (non-hydrogen) atoms. The third-order valence-corrected chi connectivity index (χ3v) is 5.96. The molecular formula is C21H36IN3O3. The van der Waals surface area contributed by atoms with Gasteiger partial charge in [0.2, 0.25) is 0 Å². The molecule has 160 valence electrons. The highest BCUT2D eigenvalue weighted by Crippen LogP contribution is 2.39. The van der Waals surface area contributed by atoms with Gasteiger partial charge in [-0.2, -0.15) is 0 Å². The molecule has 1 aliphatic heterocycles. The number of nitrogens with one attached hydrogen (secondary N) is 2. The van der Waals surface area contributed by atoms with Crippen molar-refractivity contribution in [3.05, 3.63) is 24.2 Å². The molecule has 2 aliphatic rings. The number of aliphatic hydroxyl groups excluding tert-OH is 1. The molecule has 1 unspecified atom stereocenters. The third kappa shape index (κ3) is 7.55. The van der Waals surface area contributed by atoms with Crippen molar-refractivity contribution in [1.82, 2.24) is 10.6 Å². The van der Waals surface area contributed by atoms with Gasteiger partial charge in [-0.3, -0.25) is 4.99 Å². The molecule has 7 heteroatoms. The Hall–Kier alpha value is -0.800. The Morgan fingerprint density at radius 2 is 2.11 bits per heavy atom. The zero-order valence-electron chi connectivity index (χ0n) is 16.8. The summed E-state index contributed by atoms with van der Waals surface area (Å²) in [6, 6.07) is 3.92. The number of furan rings is 1. The highest BCUT2D eigenvalue weighted by molar-refractivity contribution is 14.0. The quantitative estimate of drug-likeness (QED) is 0.273. The molecule has 1 atom stereocenters. The maximum Gasteiger partial charge on any atom is 0.191 e. The molecule has 1 saturated carbocycles. The zero-order valence-corrected chi connectivity index (χ0v) is 19.2. The first kappa shape index (κ1) is 23.5. The number of nitrogens with zero attached hydrogens (tertiary/aromatic N) is 1. The van der Waals surface area contributed by atoms with Crippen LogP contribution in [0.15, 0.2) is 27.8 Å². The fourth-order valence-electron chi connectivity index (χ4n) is 4.19. The molecule has 2 fully saturated rings. The van der Waals surface area contributed by atoms with E-state index in [9.17, 15) is 5.11 Å². The maximum atomic E-state index is 9.54. The first-order valence-electron chi connectivity index (χ1n) is 10.5. The maximum absolute atomic E-state index is 9.54. The number of guanidine groups is 1. The fraction of sp³-hybridized carbons (Fsp3) is 0.762. The van der Waals surface area contributed by atoms with E-state index in [1.165, 1.54) is 32.1 Å². The molecule has 3 N–H and O–H groups in total. The minimum absolute atomic E-state index is 0. The van der Waals surface area contributed by atoms with E-state index < -0.39 is 0 Å². The van der Waals surface area contributed by atoms with Crippen LogP contribution < -0.4 is 10.6 Å². The van der Waals surface area contributed by atoms with Crippen LogP contribution in [0.25, 0.3) is 0 Å². The van der Waals surface area contributed by atoms with E-state index >= 15 is 0 Å². The summed E-state index contributed by atoms with van der Waals surface area (Å²) in [4.78, 5) is 4.93. The van der Waals surface area contributed by atoms with Gasteiger partial charge in [0.25, 0.3) is 0 Å². The van der Waals surface area contributed by atoms with E-state index in [1.807, 2.05) is 12.1 Å². The molecule has 0 spiro atoms. The zero-order chi connectivity index (χ0) is 18.8. The van der Waals surface area contributed by atoms with Crippen molar-refractivity contribution in [3.8, 4) is 0 Å². The molecular weight excluding hydrogens is 469 g/mol. The third-order valence-electron chi connectivity index (χ3n) is 5.96. The molecule has 1 aromatic rings. The topological polar surface area (TPSA) is 79.0 Å². The van der Waals surface area contributed by atoms with Gasteiger partial charge in [0.05, 0.1) is 12.9 Å². The van der Waals surface area contributed by atoms with E-state index in [4.69, 9.17) is 14.1 Å². The van der Waals surface area contributed by atoms with Crippen LogP contribution in [0.2, 0.25) is 0 Å². The second kappa shape index (κ2) is 12.7. The summed E-state index contributed by atoms with van der Waals surface area (Å²) in [6.45, 7) is 4.41. The molecule has 0 bridgehead atoms. The van der Waals surface area contributed by atoms with E-state index in [0.717, 1.165) is 63.8 Å². The van der Waals surface area contributed by atoms with Crippen LogP contribution in [0, 0.1) is 11.3 Å². The average molecular weight is 505 g/mol. The summed E-state index contributed by atoms with van der Waals surface area (Å²) >= 11 is 0. The van der Waals surface area contributed by atoms with E-state index in [0.29, 0.717) is 5.92 Å². The lowest BCUT2D eigenvalue weighted by atomic mass is 9.72. The molecule has 3 rings (SSSR count). The summed E-state index contributed by atoms with van der Waals surface area (Å²) in [7, 11) is 0. The van der Waals surface area contributed by atoms with Crippen LogP contribution in [0.1, 0.15) is 50.7 Å². The summed E-state index contributed by atoms with van der Waals surface area (Å²) in [6.07, 6.45) is 10.7. The minimum Gasteiger partial charge on any atom is -0.469 e. The van der Waals surface area contributed by atoms with E-state index in [2.05, 4.69) is 10.6 Å². The minimum atomic E-state index is 0. The normalized spacial score (nSPS) is 21.9. The predicted molar refractivity (Wildman–Crippen MR) is 122 cm³/mol. The second-order valence-corrected chi connectivity index (χ2v) is 8.07. The van der Waals surface area contributed by atoms with Crippen LogP contribution in [-0.2, 0) is 11.2 Å². The van der Waals surface area contributed by atoms with Crippen LogP contribution in [-0.4, -0.2) is 50.5 Å². The number of halogens is 1. The first-order valence-corrected chi connectivity index (χ1v) is 10.5. The lowest BCUT2D eigenvalue weighted by Crippen LogP contribution is -2.42. The Morgan fingerprint density at radius 3 is 2.79 bits per heavy atom. The van der Waals surface area contributed by atoms with Crippen molar-refractivity contribution in [1.29, 1.82) is 0 Å². The largest absolute Gasteiger partial charge is 0.469 e. The fourth-order valence-corrected chi connectivity index (χ4v) is 4.19. The van der Waals surface area contributed by atoms with Crippen LogP contribution in [0.4, 0.5) is 0 Å². The van der Waals surface area contributed by atoms with Crippen LogP contribution in [0.5, 0.6) is 0 Å². The standard InChI is InChI=1S/C21H35N3O3.HI/c25-12-10-21(8-2-1-3-9-21)17-24-20(23-15-18-7-14-26-16-18)22-11-6-19-5-4-13-27-19;/h4-5,13,18,25H,1-3,6-12,14-17H2,(H2,22,23,24);1H. The number of rotatable bonds is 9. The molecule has 0 radical (unpaired) electrons. The summed E-state index contributed by atoms with van der Waals surface area (Å²) < 4.78 is 10.9. The van der Waals surface area contributed by atoms with Gasteiger partial charge in [0.1, 0.15) is 5.76 Å². The summed E-state index contributed by atoms with van der Waals surface area (Å²) in [5.41, 5.74) is 0.166. The Morgan fingerprint density at radius 1 is 1.25 bits per heavy atom. The van der Waals surface area contributed by atoms with Crippen LogP contribution >= 0.6 is 24.0 Å². The summed E-state index contributed by atoms with van der Waals surface area (Å²) in [5.74, 6) is 2.41. The van der Waals surface area contributed by atoms with Crippen molar-refractivity contribution in [2.45, 2.75) is 51.4 Å². The monoisotopic (exact) mass is 505 g/mol. The SMILES string of the molecule is I.OCCC1(CN=C(NCCc2ccco2)NCC2CCOC2)CCCCC1. The number of hydrogen-bond donors (Lipinski definition) is 3. The van der Waals surface area contributed by atoms with Gasteiger partial charge in [-0.1, -0.05) is 19.3 Å². The van der Waals surface area contributed by atoms with Crippen molar-refractivity contribution >= 4 is 29.9 Å². The Balaban J connectivity index is 0.00000280. The molecule has 6 nitrogen and oxygen atoms in total. The highest BCUT2D eigenvalue weighted by atomic mass is 127. The van der Waals surface area contributed by atoms with Gasteiger partial charge < -0.3 is 24.9 Å². The first-order chi connectivity index (χ1) is 13.3. The molecule has 0 aromatic carbocycles. The Kier molecular flexibility index (Phi) is 10.6. The number of hydrogen-bond acceptors (Lipinski definition) is 4. The van der Waals surface area contributed by atoms with Crippen molar-refractivity contribution in [3.63, 3.8) is 0 Å². The van der Waals surface area contributed by atoms with E-state index in [1.54, 1.807) is 6.26 Å². The van der Waals surface area contributed by atoms with Gasteiger partial charge in [-0.15, -0.1) is 24.0 Å². The van der Waals surface area contributed by atoms with Crippen molar-refractivity contribution in [2.75, 3.05) is 39.5 Å².